The van der Waals surface area contributed by atoms with Gasteiger partial charge in [-0.05, 0) is 25.8 Å². The molecule has 0 saturated carbocycles. The van der Waals surface area contributed by atoms with Crippen molar-refractivity contribution in [2.24, 2.45) is 11.7 Å². The molecule has 1 fully saturated rings. The third-order valence-electron chi connectivity index (χ3n) is 2.44. The normalized spacial score (nSPS) is 22.6. The molecule has 2 N–H and O–H groups in total. The zero-order valence-corrected chi connectivity index (χ0v) is 8.40. The number of nitrogens with two attached hydrogens (primary N) is 1. The van der Waals surface area contributed by atoms with Gasteiger partial charge in [-0.15, -0.1) is 0 Å². The smallest absolute Gasteiger partial charge is 0.246 e. The molecule has 1 heterocycles. The first-order valence-electron chi connectivity index (χ1n) is 4.86. The maximum absolute atomic E-state index is 11.5. The van der Waals surface area contributed by atoms with Crippen LogP contribution in [-0.4, -0.2) is 29.8 Å². The van der Waals surface area contributed by atoms with Crippen LogP contribution in [0.25, 0.3) is 0 Å². The molecule has 0 aromatic heterocycles. The number of rotatable bonds is 2. The number of hydrogen-bond donors (Lipinski definition) is 1. The van der Waals surface area contributed by atoms with Crippen LogP contribution in [-0.2, 0) is 9.59 Å². The second kappa shape index (κ2) is 4.79. The molecule has 1 rings (SSSR count). The van der Waals surface area contributed by atoms with Gasteiger partial charge in [0.2, 0.25) is 11.8 Å². The first kappa shape index (κ1) is 10.8. The van der Waals surface area contributed by atoms with Crippen LogP contribution in [0.5, 0.6) is 0 Å². The van der Waals surface area contributed by atoms with Gasteiger partial charge in [0.05, 0.1) is 5.92 Å². The Morgan fingerprint density at radius 1 is 1.50 bits per heavy atom. The van der Waals surface area contributed by atoms with Gasteiger partial charge in [-0.3, -0.25) is 9.59 Å². The quantitative estimate of drug-likeness (QED) is 0.645. The van der Waals surface area contributed by atoms with Crippen molar-refractivity contribution < 1.29 is 9.59 Å². The van der Waals surface area contributed by atoms with Gasteiger partial charge in [0.15, 0.2) is 0 Å². The lowest BCUT2D eigenvalue weighted by molar-refractivity contribution is -0.130. The van der Waals surface area contributed by atoms with Crippen LogP contribution < -0.4 is 5.73 Å². The van der Waals surface area contributed by atoms with Crippen LogP contribution in [0.2, 0.25) is 0 Å². The van der Waals surface area contributed by atoms with Crippen molar-refractivity contribution in [2.75, 3.05) is 13.1 Å². The topological polar surface area (TPSA) is 63.4 Å². The first-order chi connectivity index (χ1) is 6.65. The fourth-order valence-corrected chi connectivity index (χ4v) is 1.66. The van der Waals surface area contributed by atoms with Crippen LogP contribution in [0.15, 0.2) is 12.2 Å². The van der Waals surface area contributed by atoms with Crippen molar-refractivity contribution in [1.29, 1.82) is 0 Å². The summed E-state index contributed by atoms with van der Waals surface area (Å²) in [6.45, 7) is 3.00. The van der Waals surface area contributed by atoms with E-state index >= 15 is 0 Å². The molecule has 78 valence electrons. The van der Waals surface area contributed by atoms with E-state index in [4.69, 9.17) is 5.73 Å². The highest BCUT2D eigenvalue weighted by atomic mass is 16.2. The summed E-state index contributed by atoms with van der Waals surface area (Å²) >= 11 is 0. The minimum Gasteiger partial charge on any atom is -0.369 e. The van der Waals surface area contributed by atoms with E-state index in [0.717, 1.165) is 19.4 Å². The van der Waals surface area contributed by atoms with Gasteiger partial charge in [0.25, 0.3) is 0 Å². The minimum atomic E-state index is -0.303. The number of hydrogen-bond acceptors (Lipinski definition) is 2. The van der Waals surface area contributed by atoms with Crippen LogP contribution in [0.4, 0.5) is 0 Å². The number of allylic oxidation sites excluding steroid dienone is 1. The molecule has 1 aliphatic rings. The molecule has 0 radical (unpaired) electrons. The molecule has 0 spiro atoms. The summed E-state index contributed by atoms with van der Waals surface area (Å²) in [7, 11) is 0. The van der Waals surface area contributed by atoms with Crippen molar-refractivity contribution in [1.82, 2.24) is 4.90 Å². The largest absolute Gasteiger partial charge is 0.369 e. The molecular weight excluding hydrogens is 180 g/mol. The lowest BCUT2D eigenvalue weighted by Gasteiger charge is -2.30. The first-order valence-corrected chi connectivity index (χ1v) is 4.86. The Morgan fingerprint density at radius 3 is 2.79 bits per heavy atom. The maximum Gasteiger partial charge on any atom is 0.246 e. The average Bonchev–Trinajstić information content (AvgIpc) is 2.18. The second-order valence-corrected chi connectivity index (χ2v) is 3.53. The van der Waals surface area contributed by atoms with Crippen LogP contribution >= 0.6 is 0 Å². The van der Waals surface area contributed by atoms with E-state index in [-0.39, 0.29) is 17.7 Å². The summed E-state index contributed by atoms with van der Waals surface area (Å²) < 4.78 is 0. The molecule has 0 aromatic rings. The Kier molecular flexibility index (Phi) is 3.68. The van der Waals surface area contributed by atoms with Gasteiger partial charge in [-0.1, -0.05) is 6.08 Å². The summed E-state index contributed by atoms with van der Waals surface area (Å²) in [6.07, 6.45) is 4.88. The van der Waals surface area contributed by atoms with Gasteiger partial charge < -0.3 is 10.6 Å². The third-order valence-corrected chi connectivity index (χ3v) is 2.44. The Bertz CT molecular complexity index is 261. The van der Waals surface area contributed by atoms with Gasteiger partial charge in [0.1, 0.15) is 0 Å². The van der Waals surface area contributed by atoms with E-state index in [2.05, 4.69) is 0 Å². The molecule has 2 amide bonds. The number of likely N-dealkylation sites (tertiary alicyclic amines) is 1. The molecule has 0 aromatic carbocycles. The van der Waals surface area contributed by atoms with Gasteiger partial charge in [0, 0.05) is 13.1 Å². The highest BCUT2D eigenvalue weighted by molar-refractivity contribution is 5.88. The van der Waals surface area contributed by atoms with E-state index in [1.165, 1.54) is 6.08 Å². The summed E-state index contributed by atoms with van der Waals surface area (Å²) in [5, 5.41) is 0. The number of carbonyl (C=O) groups excluding carboxylic acids is 2. The van der Waals surface area contributed by atoms with Crippen molar-refractivity contribution in [3.8, 4) is 0 Å². The Labute approximate surface area is 83.8 Å². The van der Waals surface area contributed by atoms with E-state index in [1.807, 2.05) is 0 Å². The molecule has 1 saturated heterocycles. The zero-order chi connectivity index (χ0) is 10.6. The van der Waals surface area contributed by atoms with Crippen LogP contribution in [0, 0.1) is 5.92 Å². The highest BCUT2D eigenvalue weighted by Gasteiger charge is 2.25. The fraction of sp³-hybridized carbons (Fsp3) is 0.600. The lowest BCUT2D eigenvalue weighted by atomic mass is 9.97. The third kappa shape index (κ3) is 2.58. The predicted molar refractivity (Wildman–Crippen MR) is 53.3 cm³/mol. The van der Waals surface area contributed by atoms with E-state index in [1.54, 1.807) is 17.9 Å². The number of carbonyl (C=O) groups is 2. The Balaban J connectivity index is 2.55. The SMILES string of the molecule is C/C=C/C(=O)N1CCCC(C(N)=O)C1. The van der Waals surface area contributed by atoms with E-state index in [0.29, 0.717) is 6.54 Å². The monoisotopic (exact) mass is 196 g/mol. The zero-order valence-electron chi connectivity index (χ0n) is 8.40. The van der Waals surface area contributed by atoms with E-state index < -0.39 is 0 Å². The number of primary amides is 1. The maximum atomic E-state index is 11.5. The van der Waals surface area contributed by atoms with E-state index in [9.17, 15) is 9.59 Å². The van der Waals surface area contributed by atoms with Crippen LogP contribution in [0.1, 0.15) is 19.8 Å². The second-order valence-electron chi connectivity index (χ2n) is 3.53. The molecule has 0 bridgehead atoms. The molecule has 4 heteroatoms. The summed E-state index contributed by atoms with van der Waals surface area (Å²) in [4.78, 5) is 24.1. The molecule has 14 heavy (non-hydrogen) atoms. The van der Waals surface area contributed by atoms with Crippen LogP contribution in [0.3, 0.4) is 0 Å². The summed E-state index contributed by atoms with van der Waals surface area (Å²) in [5.41, 5.74) is 5.21. The molecule has 0 aliphatic carbocycles. The predicted octanol–water partition coefficient (Wildman–Crippen LogP) is 0.286. The average molecular weight is 196 g/mol. The standard InChI is InChI=1S/C10H16N2O2/c1-2-4-9(13)12-6-3-5-8(7-12)10(11)14/h2,4,8H,3,5-7H2,1H3,(H2,11,14)/b4-2+. The van der Waals surface area contributed by atoms with Gasteiger partial charge >= 0.3 is 0 Å². The Hall–Kier alpha value is -1.32. The molecule has 4 nitrogen and oxygen atoms in total. The summed E-state index contributed by atoms with van der Waals surface area (Å²) in [5.74, 6) is -0.501. The number of amides is 2. The lowest BCUT2D eigenvalue weighted by Crippen LogP contribution is -2.43. The molecule has 1 aliphatic heterocycles. The van der Waals surface area contributed by atoms with Crippen molar-refractivity contribution >= 4 is 11.8 Å². The molecular formula is C10H16N2O2. The number of nitrogens with zero attached hydrogens (tertiary/aromatic N) is 1. The number of piperidine rings is 1. The van der Waals surface area contributed by atoms with Crippen molar-refractivity contribution in [2.45, 2.75) is 19.8 Å². The van der Waals surface area contributed by atoms with Crippen molar-refractivity contribution in [3.63, 3.8) is 0 Å². The van der Waals surface area contributed by atoms with Gasteiger partial charge in [-0.25, -0.2) is 0 Å². The molecule has 1 atom stereocenters. The fourth-order valence-electron chi connectivity index (χ4n) is 1.66. The Morgan fingerprint density at radius 2 is 2.21 bits per heavy atom. The van der Waals surface area contributed by atoms with Gasteiger partial charge in [-0.2, -0.15) is 0 Å². The highest BCUT2D eigenvalue weighted by Crippen LogP contribution is 2.16. The molecule has 1 unspecified atom stereocenters. The van der Waals surface area contributed by atoms with Crippen molar-refractivity contribution in [3.05, 3.63) is 12.2 Å². The minimum absolute atomic E-state index is 0.0292. The summed E-state index contributed by atoms with van der Waals surface area (Å²) in [6, 6.07) is 0.